The maximum absolute atomic E-state index is 4.47. The van der Waals surface area contributed by atoms with Gasteiger partial charge in [-0.05, 0) is 12.5 Å². The van der Waals surface area contributed by atoms with E-state index in [9.17, 15) is 0 Å². The van der Waals surface area contributed by atoms with Gasteiger partial charge in [-0.2, -0.15) is 0 Å². The summed E-state index contributed by atoms with van der Waals surface area (Å²) in [5, 5.41) is 8.31. The third kappa shape index (κ3) is 3.72. The predicted octanol–water partition coefficient (Wildman–Crippen LogP) is 3.32. The van der Waals surface area contributed by atoms with Gasteiger partial charge in [0.05, 0.1) is 6.20 Å². The third-order valence-electron chi connectivity index (χ3n) is 3.05. The van der Waals surface area contributed by atoms with Crippen molar-refractivity contribution >= 4 is 11.0 Å². The van der Waals surface area contributed by atoms with E-state index in [1.54, 1.807) is 12.4 Å². The van der Waals surface area contributed by atoms with Crippen LogP contribution < -0.4 is 0 Å². The lowest BCUT2D eigenvalue weighted by atomic mass is 10.1. The SMILES string of the molecule is CCCCCCCCc1nnc2ccncc2n1. The zero-order valence-corrected chi connectivity index (χ0v) is 11.0. The molecule has 0 bridgehead atoms. The summed E-state index contributed by atoms with van der Waals surface area (Å²) in [6, 6.07) is 1.84. The molecule has 0 aliphatic heterocycles. The number of unbranched alkanes of at least 4 members (excludes halogenated alkanes) is 5. The maximum atomic E-state index is 4.47. The Kier molecular flexibility index (Phi) is 5.00. The average molecular weight is 244 g/mol. The summed E-state index contributed by atoms with van der Waals surface area (Å²) in [7, 11) is 0. The Labute approximate surface area is 108 Å². The molecule has 0 aromatic carbocycles. The van der Waals surface area contributed by atoms with Gasteiger partial charge in [0.1, 0.15) is 11.0 Å². The summed E-state index contributed by atoms with van der Waals surface area (Å²) < 4.78 is 0. The van der Waals surface area contributed by atoms with Gasteiger partial charge in [0, 0.05) is 12.6 Å². The molecule has 4 heteroatoms. The largest absolute Gasteiger partial charge is 0.262 e. The van der Waals surface area contributed by atoms with Crippen molar-refractivity contribution in [3.8, 4) is 0 Å². The fourth-order valence-corrected chi connectivity index (χ4v) is 1.99. The van der Waals surface area contributed by atoms with Crippen LogP contribution in [0.4, 0.5) is 0 Å². The Morgan fingerprint density at radius 2 is 1.78 bits per heavy atom. The van der Waals surface area contributed by atoms with E-state index < -0.39 is 0 Å². The van der Waals surface area contributed by atoms with E-state index in [0.717, 1.165) is 29.7 Å². The van der Waals surface area contributed by atoms with Crippen molar-refractivity contribution in [3.63, 3.8) is 0 Å². The van der Waals surface area contributed by atoms with Crippen LogP contribution in [-0.2, 0) is 6.42 Å². The van der Waals surface area contributed by atoms with E-state index in [4.69, 9.17) is 0 Å². The number of aromatic nitrogens is 4. The van der Waals surface area contributed by atoms with Crippen LogP contribution in [0.3, 0.4) is 0 Å². The van der Waals surface area contributed by atoms with Crippen molar-refractivity contribution in [1.82, 2.24) is 20.2 Å². The van der Waals surface area contributed by atoms with Crippen LogP contribution in [0.1, 0.15) is 51.3 Å². The van der Waals surface area contributed by atoms with Crippen LogP contribution in [0.2, 0.25) is 0 Å². The molecule has 18 heavy (non-hydrogen) atoms. The highest BCUT2D eigenvalue weighted by Crippen LogP contribution is 2.09. The Morgan fingerprint density at radius 3 is 2.67 bits per heavy atom. The standard InChI is InChI=1S/C14H20N4/c1-2-3-4-5-6-7-8-14-16-13-11-15-10-9-12(13)17-18-14/h9-11H,2-8H2,1H3. The van der Waals surface area contributed by atoms with Gasteiger partial charge in [0.25, 0.3) is 0 Å². The number of rotatable bonds is 7. The Hall–Kier alpha value is -1.58. The van der Waals surface area contributed by atoms with E-state index in [1.165, 1.54) is 32.1 Å². The monoisotopic (exact) mass is 244 g/mol. The molecule has 0 spiro atoms. The summed E-state index contributed by atoms with van der Waals surface area (Å²) in [6.07, 6.45) is 12.1. The topological polar surface area (TPSA) is 51.6 Å². The summed E-state index contributed by atoms with van der Waals surface area (Å²) in [5.41, 5.74) is 1.66. The van der Waals surface area contributed by atoms with Crippen molar-refractivity contribution in [2.75, 3.05) is 0 Å². The van der Waals surface area contributed by atoms with Gasteiger partial charge in [-0.25, -0.2) is 4.98 Å². The van der Waals surface area contributed by atoms with Gasteiger partial charge in [0.15, 0.2) is 5.82 Å². The van der Waals surface area contributed by atoms with Crippen LogP contribution >= 0.6 is 0 Å². The normalized spacial score (nSPS) is 10.9. The summed E-state index contributed by atoms with van der Waals surface area (Å²) in [5.74, 6) is 0.839. The zero-order valence-electron chi connectivity index (χ0n) is 11.0. The van der Waals surface area contributed by atoms with Crippen molar-refractivity contribution in [1.29, 1.82) is 0 Å². The van der Waals surface area contributed by atoms with E-state index >= 15 is 0 Å². The number of pyridine rings is 1. The molecule has 0 atom stereocenters. The highest BCUT2D eigenvalue weighted by Gasteiger charge is 2.01. The van der Waals surface area contributed by atoms with Crippen LogP contribution in [-0.4, -0.2) is 20.2 Å². The van der Waals surface area contributed by atoms with Gasteiger partial charge in [-0.3, -0.25) is 4.98 Å². The highest BCUT2D eigenvalue weighted by atomic mass is 15.1. The van der Waals surface area contributed by atoms with E-state index in [1.807, 2.05) is 6.07 Å². The number of nitrogens with zero attached hydrogens (tertiary/aromatic N) is 4. The molecule has 2 rings (SSSR count). The van der Waals surface area contributed by atoms with Gasteiger partial charge < -0.3 is 0 Å². The first-order chi connectivity index (χ1) is 8.90. The number of aryl methyl sites for hydroxylation is 1. The molecule has 0 saturated heterocycles. The molecule has 96 valence electrons. The zero-order chi connectivity index (χ0) is 12.6. The molecule has 2 heterocycles. The molecular weight excluding hydrogens is 224 g/mol. The molecule has 0 unspecified atom stereocenters. The van der Waals surface area contributed by atoms with Crippen LogP contribution in [0.5, 0.6) is 0 Å². The Morgan fingerprint density at radius 1 is 0.944 bits per heavy atom. The lowest BCUT2D eigenvalue weighted by Crippen LogP contribution is -1.99. The van der Waals surface area contributed by atoms with Crippen LogP contribution in [0, 0.1) is 0 Å². The second-order valence-electron chi connectivity index (χ2n) is 4.61. The minimum Gasteiger partial charge on any atom is -0.262 e. The van der Waals surface area contributed by atoms with Crippen molar-refractivity contribution in [3.05, 3.63) is 24.3 Å². The van der Waals surface area contributed by atoms with Crippen LogP contribution in [0.25, 0.3) is 11.0 Å². The maximum Gasteiger partial charge on any atom is 0.151 e. The quantitative estimate of drug-likeness (QED) is 0.701. The second kappa shape index (κ2) is 6.99. The number of hydrogen-bond acceptors (Lipinski definition) is 4. The first kappa shape index (κ1) is 12.9. The van der Waals surface area contributed by atoms with Crippen molar-refractivity contribution in [2.45, 2.75) is 51.9 Å². The van der Waals surface area contributed by atoms with Crippen molar-refractivity contribution < 1.29 is 0 Å². The lowest BCUT2D eigenvalue weighted by molar-refractivity contribution is 0.599. The van der Waals surface area contributed by atoms with E-state index in [2.05, 4.69) is 27.1 Å². The van der Waals surface area contributed by atoms with Crippen molar-refractivity contribution in [2.24, 2.45) is 0 Å². The van der Waals surface area contributed by atoms with E-state index in [-0.39, 0.29) is 0 Å². The minimum absolute atomic E-state index is 0.816. The number of fused-ring (bicyclic) bond motifs is 1. The fourth-order valence-electron chi connectivity index (χ4n) is 1.99. The molecule has 2 aromatic rings. The fraction of sp³-hybridized carbons (Fsp3) is 0.571. The Bertz CT molecular complexity index is 484. The van der Waals surface area contributed by atoms with Gasteiger partial charge in [-0.15, -0.1) is 10.2 Å². The predicted molar refractivity (Wildman–Crippen MR) is 72.2 cm³/mol. The molecule has 0 saturated carbocycles. The number of hydrogen-bond donors (Lipinski definition) is 0. The molecule has 0 aliphatic carbocycles. The molecule has 2 aromatic heterocycles. The van der Waals surface area contributed by atoms with Gasteiger partial charge in [0.2, 0.25) is 0 Å². The molecular formula is C14H20N4. The lowest BCUT2D eigenvalue weighted by Gasteiger charge is -2.01. The highest BCUT2D eigenvalue weighted by molar-refractivity contribution is 5.71. The molecule has 0 aliphatic rings. The molecule has 0 radical (unpaired) electrons. The minimum atomic E-state index is 0.816. The summed E-state index contributed by atoms with van der Waals surface area (Å²) in [6.45, 7) is 2.24. The smallest absolute Gasteiger partial charge is 0.151 e. The summed E-state index contributed by atoms with van der Waals surface area (Å²) >= 11 is 0. The molecule has 0 N–H and O–H groups in total. The first-order valence-electron chi connectivity index (χ1n) is 6.83. The molecule has 0 fully saturated rings. The molecule has 0 amide bonds. The average Bonchev–Trinajstić information content (AvgIpc) is 2.42. The van der Waals surface area contributed by atoms with Gasteiger partial charge >= 0.3 is 0 Å². The first-order valence-corrected chi connectivity index (χ1v) is 6.83. The van der Waals surface area contributed by atoms with Crippen LogP contribution in [0.15, 0.2) is 18.5 Å². The Balaban J connectivity index is 1.81. The van der Waals surface area contributed by atoms with E-state index in [0.29, 0.717) is 0 Å². The summed E-state index contributed by atoms with van der Waals surface area (Å²) in [4.78, 5) is 8.53. The third-order valence-corrected chi connectivity index (χ3v) is 3.05. The molecule has 4 nitrogen and oxygen atoms in total. The second-order valence-corrected chi connectivity index (χ2v) is 4.61. The van der Waals surface area contributed by atoms with Gasteiger partial charge in [-0.1, -0.05) is 39.0 Å².